The quantitative estimate of drug-likeness (QED) is 0.872. The van der Waals surface area contributed by atoms with E-state index < -0.39 is 0 Å². The van der Waals surface area contributed by atoms with Gasteiger partial charge in [-0.3, -0.25) is 0 Å². The van der Waals surface area contributed by atoms with E-state index in [4.69, 9.17) is 5.73 Å². The molecule has 0 atom stereocenters. The first-order valence-electron chi connectivity index (χ1n) is 7.20. The highest BCUT2D eigenvalue weighted by Crippen LogP contribution is 2.12. The molecule has 2 rings (SSSR count). The molecule has 2 aromatic rings. The molecule has 0 saturated heterocycles. The molecular weight excluding hydrogens is 244 g/mol. The molecule has 2 N–H and O–H groups in total. The Balaban J connectivity index is 1.92. The topological polar surface area (TPSA) is 29.3 Å². The van der Waals surface area contributed by atoms with Gasteiger partial charge in [-0.15, -0.1) is 0 Å². The van der Waals surface area contributed by atoms with Crippen LogP contribution in [0.2, 0.25) is 0 Å². The van der Waals surface area contributed by atoms with Crippen LogP contribution in [0.25, 0.3) is 0 Å². The van der Waals surface area contributed by atoms with Crippen molar-refractivity contribution in [2.24, 2.45) is 5.73 Å². The van der Waals surface area contributed by atoms with E-state index in [1.165, 1.54) is 22.3 Å². The van der Waals surface area contributed by atoms with E-state index in [1.54, 1.807) is 0 Å². The summed E-state index contributed by atoms with van der Waals surface area (Å²) in [7, 11) is 2.18. The summed E-state index contributed by atoms with van der Waals surface area (Å²) in [5, 5.41) is 0. The van der Waals surface area contributed by atoms with Gasteiger partial charge in [0.15, 0.2) is 0 Å². The number of nitrogens with zero attached hydrogens (tertiary/aromatic N) is 1. The maximum Gasteiger partial charge on any atom is 0.0233 e. The molecule has 0 saturated carbocycles. The molecule has 0 aliphatic heterocycles. The Kier molecular flexibility index (Phi) is 5.33. The van der Waals surface area contributed by atoms with Gasteiger partial charge in [0.25, 0.3) is 0 Å². The van der Waals surface area contributed by atoms with E-state index in [0.717, 1.165) is 19.5 Å². The predicted molar refractivity (Wildman–Crippen MR) is 85.6 cm³/mol. The van der Waals surface area contributed by atoms with Crippen molar-refractivity contribution in [3.05, 3.63) is 70.8 Å². The lowest BCUT2D eigenvalue weighted by molar-refractivity contribution is 0.330. The van der Waals surface area contributed by atoms with Gasteiger partial charge in [-0.2, -0.15) is 0 Å². The first-order valence-corrected chi connectivity index (χ1v) is 7.20. The Labute approximate surface area is 122 Å². The maximum atomic E-state index is 5.79. The summed E-state index contributed by atoms with van der Waals surface area (Å²) in [6.45, 7) is 4.84. The minimum Gasteiger partial charge on any atom is -0.326 e. The molecule has 2 heteroatoms. The van der Waals surface area contributed by atoms with Crippen LogP contribution in [0.4, 0.5) is 0 Å². The van der Waals surface area contributed by atoms with Crippen molar-refractivity contribution in [1.82, 2.24) is 4.90 Å². The van der Waals surface area contributed by atoms with E-state index in [9.17, 15) is 0 Å². The molecule has 0 fully saturated rings. The lowest BCUT2D eigenvalue weighted by Crippen LogP contribution is -2.21. The smallest absolute Gasteiger partial charge is 0.0233 e. The van der Waals surface area contributed by atoms with E-state index in [2.05, 4.69) is 67.4 Å². The fraction of sp³-hybridized carbons (Fsp3) is 0.333. The van der Waals surface area contributed by atoms with Crippen LogP contribution >= 0.6 is 0 Å². The molecule has 0 aliphatic carbocycles. The average Bonchev–Trinajstić information content (AvgIpc) is 2.48. The summed E-state index contributed by atoms with van der Waals surface area (Å²) in [5.41, 5.74) is 11.2. The van der Waals surface area contributed by atoms with Crippen LogP contribution in [0.5, 0.6) is 0 Å². The van der Waals surface area contributed by atoms with Crippen LogP contribution in [-0.2, 0) is 19.5 Å². The Hall–Kier alpha value is -1.64. The summed E-state index contributed by atoms with van der Waals surface area (Å²) >= 11 is 0. The fourth-order valence-corrected chi connectivity index (χ4v) is 2.47. The standard InChI is InChI=1S/C18H24N2/c1-15-7-3-4-10-18(15)14-20(2)12-11-16-8-5-6-9-17(16)13-19/h3-10H,11-14,19H2,1-2H3. The van der Waals surface area contributed by atoms with Gasteiger partial charge in [0.1, 0.15) is 0 Å². The summed E-state index contributed by atoms with van der Waals surface area (Å²) in [6, 6.07) is 17.0. The summed E-state index contributed by atoms with van der Waals surface area (Å²) in [5.74, 6) is 0. The Morgan fingerprint density at radius 3 is 2.15 bits per heavy atom. The molecule has 0 aromatic heterocycles. The number of benzene rings is 2. The lowest BCUT2D eigenvalue weighted by Gasteiger charge is -2.18. The largest absolute Gasteiger partial charge is 0.326 e. The van der Waals surface area contributed by atoms with Gasteiger partial charge in [-0.05, 0) is 42.6 Å². The number of likely N-dealkylation sites (N-methyl/N-ethyl adjacent to an activating group) is 1. The highest BCUT2D eigenvalue weighted by molar-refractivity contribution is 5.27. The fourth-order valence-electron chi connectivity index (χ4n) is 2.47. The van der Waals surface area contributed by atoms with Gasteiger partial charge in [0, 0.05) is 19.6 Å². The van der Waals surface area contributed by atoms with E-state index in [0.29, 0.717) is 6.54 Å². The maximum absolute atomic E-state index is 5.79. The monoisotopic (exact) mass is 268 g/mol. The number of aryl methyl sites for hydroxylation is 1. The van der Waals surface area contributed by atoms with Gasteiger partial charge >= 0.3 is 0 Å². The molecule has 0 unspecified atom stereocenters. The van der Waals surface area contributed by atoms with Crippen LogP contribution in [0, 0.1) is 6.92 Å². The molecule has 0 heterocycles. The Morgan fingerprint density at radius 1 is 0.900 bits per heavy atom. The van der Waals surface area contributed by atoms with Gasteiger partial charge < -0.3 is 10.6 Å². The van der Waals surface area contributed by atoms with Crippen LogP contribution < -0.4 is 5.73 Å². The third-order valence-corrected chi connectivity index (χ3v) is 3.80. The van der Waals surface area contributed by atoms with Crippen molar-refractivity contribution in [3.8, 4) is 0 Å². The third-order valence-electron chi connectivity index (χ3n) is 3.80. The number of hydrogen-bond acceptors (Lipinski definition) is 2. The Bertz CT molecular complexity index is 549. The van der Waals surface area contributed by atoms with Crippen LogP contribution in [0.15, 0.2) is 48.5 Å². The van der Waals surface area contributed by atoms with Crippen molar-refractivity contribution in [1.29, 1.82) is 0 Å². The van der Waals surface area contributed by atoms with Gasteiger partial charge in [0.2, 0.25) is 0 Å². The second-order valence-electron chi connectivity index (χ2n) is 5.39. The highest BCUT2D eigenvalue weighted by Gasteiger charge is 2.05. The van der Waals surface area contributed by atoms with E-state index in [1.807, 2.05) is 0 Å². The van der Waals surface area contributed by atoms with Crippen molar-refractivity contribution < 1.29 is 0 Å². The van der Waals surface area contributed by atoms with Crippen LogP contribution in [0.3, 0.4) is 0 Å². The minimum absolute atomic E-state index is 0.623. The molecule has 0 bridgehead atoms. The molecule has 0 aliphatic rings. The van der Waals surface area contributed by atoms with Crippen molar-refractivity contribution in [2.75, 3.05) is 13.6 Å². The third kappa shape index (κ3) is 3.92. The SMILES string of the molecule is Cc1ccccc1CN(C)CCc1ccccc1CN. The van der Waals surface area contributed by atoms with Gasteiger partial charge in [-0.1, -0.05) is 48.5 Å². The predicted octanol–water partition coefficient (Wildman–Crippen LogP) is 3.13. The Morgan fingerprint density at radius 2 is 1.50 bits per heavy atom. The van der Waals surface area contributed by atoms with Crippen molar-refractivity contribution in [2.45, 2.75) is 26.4 Å². The number of hydrogen-bond donors (Lipinski definition) is 1. The molecular formula is C18H24N2. The van der Waals surface area contributed by atoms with Crippen LogP contribution in [-0.4, -0.2) is 18.5 Å². The molecule has 0 radical (unpaired) electrons. The van der Waals surface area contributed by atoms with Gasteiger partial charge in [-0.25, -0.2) is 0 Å². The minimum atomic E-state index is 0.623. The van der Waals surface area contributed by atoms with Gasteiger partial charge in [0.05, 0.1) is 0 Å². The molecule has 20 heavy (non-hydrogen) atoms. The first kappa shape index (κ1) is 14.8. The number of nitrogens with two attached hydrogens (primary N) is 1. The number of rotatable bonds is 6. The lowest BCUT2D eigenvalue weighted by atomic mass is 10.0. The molecule has 0 amide bonds. The molecule has 0 spiro atoms. The zero-order chi connectivity index (χ0) is 14.4. The summed E-state index contributed by atoms with van der Waals surface area (Å²) < 4.78 is 0. The zero-order valence-corrected chi connectivity index (χ0v) is 12.5. The highest BCUT2D eigenvalue weighted by atomic mass is 15.1. The molecule has 2 nitrogen and oxygen atoms in total. The summed E-state index contributed by atoms with van der Waals surface area (Å²) in [6.07, 6.45) is 1.05. The second kappa shape index (κ2) is 7.22. The normalized spacial score (nSPS) is 11.0. The summed E-state index contributed by atoms with van der Waals surface area (Å²) in [4.78, 5) is 2.37. The van der Waals surface area contributed by atoms with Crippen molar-refractivity contribution in [3.63, 3.8) is 0 Å². The van der Waals surface area contributed by atoms with E-state index in [-0.39, 0.29) is 0 Å². The molecule has 106 valence electrons. The zero-order valence-electron chi connectivity index (χ0n) is 12.5. The van der Waals surface area contributed by atoms with Crippen molar-refractivity contribution >= 4 is 0 Å². The van der Waals surface area contributed by atoms with Crippen LogP contribution in [0.1, 0.15) is 22.3 Å². The van der Waals surface area contributed by atoms with E-state index >= 15 is 0 Å². The molecule has 2 aromatic carbocycles. The first-order chi connectivity index (χ1) is 9.70. The average molecular weight is 268 g/mol. The second-order valence-corrected chi connectivity index (χ2v) is 5.39.